The standard InChI is InChI=1S/C9H17B2ClN4/c1-5(2)7(9(10,11)13)15-6-3-4-14-8(12)16-6/h3-5,7H,10-11,13H2,1-2H3,(H,14,15,16). The summed E-state index contributed by atoms with van der Waals surface area (Å²) in [6.07, 6.45) is 1.62. The van der Waals surface area contributed by atoms with Crippen LogP contribution in [-0.4, -0.2) is 37.0 Å². The van der Waals surface area contributed by atoms with E-state index in [-0.39, 0.29) is 16.7 Å². The van der Waals surface area contributed by atoms with E-state index < -0.39 is 0 Å². The Balaban J connectivity index is 2.84. The Kier molecular flexibility index (Phi) is 4.21. The summed E-state index contributed by atoms with van der Waals surface area (Å²) in [5.41, 5.74) is 6.13. The van der Waals surface area contributed by atoms with Gasteiger partial charge in [-0.2, -0.15) is 0 Å². The van der Waals surface area contributed by atoms with Crippen LogP contribution in [0.5, 0.6) is 0 Å². The highest BCUT2D eigenvalue weighted by atomic mass is 35.5. The van der Waals surface area contributed by atoms with Gasteiger partial charge in [-0.15, -0.1) is 0 Å². The Morgan fingerprint density at radius 2 is 2.12 bits per heavy atom. The average molecular weight is 238 g/mol. The zero-order valence-corrected chi connectivity index (χ0v) is 10.9. The molecule has 1 unspecified atom stereocenters. The molecule has 1 heterocycles. The minimum atomic E-state index is -0.328. The molecule has 16 heavy (non-hydrogen) atoms. The summed E-state index contributed by atoms with van der Waals surface area (Å²) in [6, 6.07) is 1.91. The largest absolute Gasteiger partial charge is 0.367 e. The molecule has 1 atom stereocenters. The predicted octanol–water partition coefficient (Wildman–Crippen LogP) is -0.555. The van der Waals surface area contributed by atoms with Gasteiger partial charge in [0, 0.05) is 12.2 Å². The van der Waals surface area contributed by atoms with E-state index in [4.69, 9.17) is 17.3 Å². The molecule has 0 saturated heterocycles. The maximum absolute atomic E-state index is 6.13. The second kappa shape index (κ2) is 5.06. The zero-order chi connectivity index (χ0) is 12.3. The van der Waals surface area contributed by atoms with Gasteiger partial charge in [-0.3, -0.25) is 0 Å². The van der Waals surface area contributed by atoms with Gasteiger partial charge in [-0.1, -0.05) is 13.8 Å². The third-order valence-electron chi connectivity index (χ3n) is 2.40. The van der Waals surface area contributed by atoms with Crippen LogP contribution in [-0.2, 0) is 0 Å². The third kappa shape index (κ3) is 3.68. The molecular formula is C9H17B2ClN4. The first-order valence-corrected chi connectivity index (χ1v) is 5.72. The molecule has 0 aliphatic rings. The molecule has 1 rings (SSSR count). The molecule has 0 aromatic carbocycles. The molecular weight excluding hydrogens is 221 g/mol. The number of anilines is 1. The molecule has 7 heteroatoms. The number of nitrogens with two attached hydrogens (primary N) is 1. The summed E-state index contributed by atoms with van der Waals surface area (Å²) in [6.45, 7) is 4.24. The topological polar surface area (TPSA) is 63.8 Å². The Morgan fingerprint density at radius 3 is 2.56 bits per heavy atom. The van der Waals surface area contributed by atoms with Crippen LogP contribution < -0.4 is 11.1 Å². The van der Waals surface area contributed by atoms with E-state index in [9.17, 15) is 0 Å². The highest BCUT2D eigenvalue weighted by Gasteiger charge is 2.27. The van der Waals surface area contributed by atoms with Crippen molar-refractivity contribution >= 4 is 33.1 Å². The molecule has 0 fully saturated rings. The van der Waals surface area contributed by atoms with Crippen molar-refractivity contribution in [2.24, 2.45) is 11.7 Å². The maximum atomic E-state index is 6.13. The van der Waals surface area contributed by atoms with Gasteiger partial charge in [-0.05, 0) is 28.9 Å². The molecule has 0 radical (unpaired) electrons. The number of hydrogen-bond donors (Lipinski definition) is 2. The minimum Gasteiger partial charge on any atom is -0.367 e. The predicted molar refractivity (Wildman–Crippen MR) is 73.3 cm³/mol. The Hall–Kier alpha value is -0.740. The molecule has 0 aliphatic heterocycles. The number of hydrogen-bond acceptors (Lipinski definition) is 4. The SMILES string of the molecule is BC(B)(N)C(Nc1ccnc(Cl)n1)C(C)C. The van der Waals surface area contributed by atoms with Gasteiger partial charge in [-0.25, -0.2) is 9.97 Å². The lowest BCUT2D eigenvalue weighted by Gasteiger charge is -2.35. The van der Waals surface area contributed by atoms with Crippen molar-refractivity contribution in [2.75, 3.05) is 5.32 Å². The first kappa shape index (κ1) is 13.3. The summed E-state index contributed by atoms with van der Waals surface area (Å²) in [4.78, 5) is 7.93. The van der Waals surface area contributed by atoms with Crippen LogP contribution in [0.25, 0.3) is 0 Å². The lowest BCUT2D eigenvalue weighted by Crippen LogP contribution is -2.58. The van der Waals surface area contributed by atoms with Crippen LogP contribution in [0.1, 0.15) is 13.8 Å². The van der Waals surface area contributed by atoms with E-state index in [0.717, 1.165) is 0 Å². The summed E-state index contributed by atoms with van der Waals surface area (Å²) in [5.74, 6) is 1.10. The van der Waals surface area contributed by atoms with E-state index in [1.165, 1.54) is 0 Å². The highest BCUT2D eigenvalue weighted by Crippen LogP contribution is 2.16. The number of nitrogens with one attached hydrogen (secondary N) is 1. The molecule has 86 valence electrons. The molecule has 1 aromatic rings. The zero-order valence-electron chi connectivity index (χ0n) is 10.2. The smallest absolute Gasteiger partial charge is 0.224 e. The van der Waals surface area contributed by atoms with Gasteiger partial charge in [0.25, 0.3) is 0 Å². The summed E-state index contributed by atoms with van der Waals surface area (Å²) in [5, 5.41) is 3.21. The summed E-state index contributed by atoms with van der Waals surface area (Å²) >= 11 is 5.73. The van der Waals surface area contributed by atoms with E-state index in [1.54, 1.807) is 12.3 Å². The van der Waals surface area contributed by atoms with Crippen molar-refractivity contribution in [2.45, 2.75) is 25.2 Å². The lowest BCUT2D eigenvalue weighted by molar-refractivity contribution is 0.479. The highest BCUT2D eigenvalue weighted by molar-refractivity contribution is 6.40. The quantitative estimate of drug-likeness (QED) is 0.545. The van der Waals surface area contributed by atoms with E-state index in [1.807, 2.05) is 15.7 Å². The molecule has 0 bridgehead atoms. The first-order chi connectivity index (χ1) is 7.30. The molecule has 3 N–H and O–H groups in total. The van der Waals surface area contributed by atoms with Crippen molar-refractivity contribution in [3.05, 3.63) is 17.5 Å². The maximum Gasteiger partial charge on any atom is 0.224 e. The van der Waals surface area contributed by atoms with E-state index in [0.29, 0.717) is 11.7 Å². The van der Waals surface area contributed by atoms with Crippen molar-refractivity contribution in [3.8, 4) is 0 Å². The molecule has 0 aliphatic carbocycles. The van der Waals surface area contributed by atoms with Crippen LogP contribution in [0.15, 0.2) is 12.3 Å². The second-order valence-corrected chi connectivity index (χ2v) is 5.24. The molecule has 1 aromatic heterocycles. The number of rotatable bonds is 4. The minimum absolute atomic E-state index is 0.124. The van der Waals surface area contributed by atoms with Gasteiger partial charge in [0.15, 0.2) is 0 Å². The van der Waals surface area contributed by atoms with Gasteiger partial charge < -0.3 is 11.1 Å². The van der Waals surface area contributed by atoms with E-state index in [2.05, 4.69) is 29.1 Å². The Morgan fingerprint density at radius 1 is 1.50 bits per heavy atom. The van der Waals surface area contributed by atoms with Crippen LogP contribution >= 0.6 is 11.6 Å². The van der Waals surface area contributed by atoms with Gasteiger partial charge in [0.05, 0.1) is 0 Å². The van der Waals surface area contributed by atoms with Crippen LogP contribution in [0.4, 0.5) is 5.82 Å². The van der Waals surface area contributed by atoms with Gasteiger partial charge >= 0.3 is 0 Å². The van der Waals surface area contributed by atoms with Crippen LogP contribution in [0.3, 0.4) is 0 Å². The fourth-order valence-electron chi connectivity index (χ4n) is 1.79. The second-order valence-electron chi connectivity index (χ2n) is 4.90. The average Bonchev–Trinajstić information content (AvgIpc) is 2.12. The van der Waals surface area contributed by atoms with Gasteiger partial charge in [0.1, 0.15) is 21.5 Å². The summed E-state index contributed by atoms with van der Waals surface area (Å²) in [7, 11) is 3.99. The number of nitrogens with zero attached hydrogens (tertiary/aromatic N) is 2. The fourth-order valence-corrected chi connectivity index (χ4v) is 1.93. The van der Waals surface area contributed by atoms with Crippen molar-refractivity contribution in [3.63, 3.8) is 0 Å². The lowest BCUT2D eigenvalue weighted by atomic mass is 9.56. The third-order valence-corrected chi connectivity index (χ3v) is 2.58. The Bertz CT molecular complexity index is 354. The number of halogens is 1. The van der Waals surface area contributed by atoms with Crippen LogP contribution in [0, 0.1) is 5.92 Å². The monoisotopic (exact) mass is 238 g/mol. The molecule has 0 spiro atoms. The summed E-state index contributed by atoms with van der Waals surface area (Å²) < 4.78 is 0. The molecule has 0 saturated carbocycles. The fraction of sp³-hybridized carbons (Fsp3) is 0.556. The van der Waals surface area contributed by atoms with Crippen LogP contribution in [0.2, 0.25) is 5.28 Å². The van der Waals surface area contributed by atoms with Crippen molar-refractivity contribution < 1.29 is 0 Å². The Labute approximate surface area is 103 Å². The van der Waals surface area contributed by atoms with Gasteiger partial charge in [0.2, 0.25) is 5.28 Å². The van der Waals surface area contributed by atoms with E-state index >= 15 is 0 Å². The normalized spacial score (nSPS) is 13.8. The van der Waals surface area contributed by atoms with Crippen molar-refractivity contribution in [1.29, 1.82) is 0 Å². The van der Waals surface area contributed by atoms with Crippen molar-refractivity contribution in [1.82, 2.24) is 9.97 Å². The number of aromatic nitrogens is 2. The first-order valence-electron chi connectivity index (χ1n) is 5.34. The molecule has 0 amide bonds. The molecule has 4 nitrogen and oxygen atoms in total.